The number of fused-ring (bicyclic) bond motifs is 4. The van der Waals surface area contributed by atoms with Crippen molar-refractivity contribution < 1.29 is 13.9 Å². The zero-order chi connectivity index (χ0) is 25.2. The molecule has 0 radical (unpaired) electrons. The van der Waals surface area contributed by atoms with Crippen molar-refractivity contribution in [2.24, 2.45) is 0 Å². The molecule has 0 atom stereocenters. The van der Waals surface area contributed by atoms with Crippen molar-refractivity contribution in [1.29, 1.82) is 0 Å². The number of pyridine rings is 1. The van der Waals surface area contributed by atoms with E-state index in [4.69, 9.17) is 24.6 Å². The Balaban J connectivity index is 1.21. The number of furan rings is 1. The lowest BCUT2D eigenvalue weighted by molar-refractivity contribution is 0.0720. The fourth-order valence-electron chi connectivity index (χ4n) is 4.29. The van der Waals surface area contributed by atoms with E-state index >= 15 is 0 Å². The second kappa shape index (κ2) is 9.96. The average Bonchev–Trinajstić information content (AvgIpc) is 3.67. The summed E-state index contributed by atoms with van der Waals surface area (Å²) in [6.45, 7) is 2.43. The van der Waals surface area contributed by atoms with Crippen LogP contribution in [-0.2, 0) is 28.9 Å². The standard InChI is InChI=1S/C26H26N8O3/c1-35-13-14-36-12-9-19-7-6-18-5-4-17(15-21(18)29-19)8-10-33-24-20(16-28-33)25-30-23(22-3-2-11-37-22)32-34(25)26(27)31-24/h2-7,11,15-16H,8-10,12-14H2,1H3,(H2,27,31). The van der Waals surface area contributed by atoms with Gasteiger partial charge in [0.2, 0.25) is 11.8 Å². The first-order chi connectivity index (χ1) is 18.2. The summed E-state index contributed by atoms with van der Waals surface area (Å²) in [4.78, 5) is 14.0. The number of nitrogens with two attached hydrogens (primary N) is 1. The van der Waals surface area contributed by atoms with Gasteiger partial charge in [-0.05, 0) is 36.2 Å². The molecule has 0 aliphatic heterocycles. The minimum atomic E-state index is 0.239. The summed E-state index contributed by atoms with van der Waals surface area (Å²) in [5.74, 6) is 1.25. The minimum Gasteiger partial charge on any atom is -0.461 e. The zero-order valence-corrected chi connectivity index (χ0v) is 20.4. The maximum Gasteiger partial charge on any atom is 0.225 e. The molecule has 0 amide bonds. The number of nitrogen functional groups attached to an aromatic ring is 1. The van der Waals surface area contributed by atoms with Crippen molar-refractivity contribution >= 4 is 33.5 Å². The number of nitrogens with zero attached hydrogens (tertiary/aromatic N) is 7. The normalized spacial score (nSPS) is 11.8. The quantitative estimate of drug-likeness (QED) is 0.283. The van der Waals surface area contributed by atoms with E-state index in [-0.39, 0.29) is 5.95 Å². The van der Waals surface area contributed by atoms with E-state index in [2.05, 4.69) is 50.5 Å². The van der Waals surface area contributed by atoms with E-state index in [0.29, 0.717) is 49.2 Å². The van der Waals surface area contributed by atoms with Gasteiger partial charge in [0.1, 0.15) is 0 Å². The second-order valence-corrected chi connectivity index (χ2v) is 8.66. The Kier molecular flexibility index (Phi) is 6.21. The van der Waals surface area contributed by atoms with Gasteiger partial charge in [-0.25, -0.2) is 9.67 Å². The largest absolute Gasteiger partial charge is 0.461 e. The number of benzene rings is 1. The predicted octanol–water partition coefficient (Wildman–Crippen LogP) is 3.31. The van der Waals surface area contributed by atoms with Gasteiger partial charge in [0.15, 0.2) is 17.1 Å². The molecular weight excluding hydrogens is 472 g/mol. The predicted molar refractivity (Wildman–Crippen MR) is 138 cm³/mol. The topological polar surface area (TPSA) is 131 Å². The van der Waals surface area contributed by atoms with Gasteiger partial charge in [0.05, 0.1) is 43.2 Å². The van der Waals surface area contributed by atoms with Crippen molar-refractivity contribution in [3.63, 3.8) is 0 Å². The van der Waals surface area contributed by atoms with Crippen molar-refractivity contribution in [2.45, 2.75) is 19.4 Å². The molecule has 6 aromatic rings. The highest BCUT2D eigenvalue weighted by molar-refractivity contribution is 5.90. The van der Waals surface area contributed by atoms with Crippen LogP contribution in [0.5, 0.6) is 0 Å². The number of rotatable bonds is 10. The smallest absolute Gasteiger partial charge is 0.225 e. The molecule has 11 heteroatoms. The van der Waals surface area contributed by atoms with Crippen LogP contribution >= 0.6 is 0 Å². The van der Waals surface area contributed by atoms with Crippen molar-refractivity contribution in [2.75, 3.05) is 32.7 Å². The molecule has 0 saturated carbocycles. The second-order valence-electron chi connectivity index (χ2n) is 8.66. The number of anilines is 1. The number of methoxy groups -OCH3 is 1. The van der Waals surface area contributed by atoms with Crippen LogP contribution in [0.4, 0.5) is 5.95 Å². The van der Waals surface area contributed by atoms with Gasteiger partial charge in [0.25, 0.3) is 0 Å². The van der Waals surface area contributed by atoms with E-state index in [0.717, 1.165) is 40.4 Å². The van der Waals surface area contributed by atoms with E-state index in [1.807, 2.05) is 4.68 Å². The fourth-order valence-corrected chi connectivity index (χ4v) is 4.29. The lowest BCUT2D eigenvalue weighted by atomic mass is 10.1. The molecule has 6 rings (SSSR count). The van der Waals surface area contributed by atoms with Crippen LogP contribution in [0.2, 0.25) is 0 Å². The molecular formula is C26H26N8O3. The van der Waals surface area contributed by atoms with Gasteiger partial charge in [-0.1, -0.05) is 18.2 Å². The highest BCUT2D eigenvalue weighted by atomic mass is 16.5. The third-order valence-corrected chi connectivity index (χ3v) is 6.20. The first kappa shape index (κ1) is 23.1. The fraction of sp³-hybridized carbons (Fsp3) is 0.269. The zero-order valence-electron chi connectivity index (χ0n) is 20.4. The Morgan fingerprint density at radius 2 is 1.89 bits per heavy atom. The van der Waals surface area contributed by atoms with Gasteiger partial charge in [-0.15, -0.1) is 5.10 Å². The Morgan fingerprint density at radius 3 is 2.76 bits per heavy atom. The highest BCUT2D eigenvalue weighted by Gasteiger charge is 2.17. The SMILES string of the molecule is COCCOCCc1ccc2ccc(CCn3ncc4c3nc(N)n3nc(-c5ccco5)nc43)cc2n1. The van der Waals surface area contributed by atoms with Crippen molar-refractivity contribution in [3.8, 4) is 11.6 Å². The number of hydrogen-bond acceptors (Lipinski definition) is 9. The maximum absolute atomic E-state index is 6.21. The molecule has 5 heterocycles. The Bertz CT molecular complexity index is 1670. The number of aromatic nitrogens is 7. The monoisotopic (exact) mass is 498 g/mol. The number of ether oxygens (including phenoxy) is 2. The molecule has 0 aliphatic carbocycles. The molecule has 0 saturated heterocycles. The van der Waals surface area contributed by atoms with Gasteiger partial charge in [-0.3, -0.25) is 4.98 Å². The average molecular weight is 499 g/mol. The van der Waals surface area contributed by atoms with Crippen LogP contribution in [-0.4, -0.2) is 61.3 Å². The third kappa shape index (κ3) is 4.61. The highest BCUT2D eigenvalue weighted by Crippen LogP contribution is 2.24. The van der Waals surface area contributed by atoms with E-state index in [1.54, 1.807) is 31.7 Å². The van der Waals surface area contributed by atoms with Gasteiger partial charge < -0.3 is 19.6 Å². The summed E-state index contributed by atoms with van der Waals surface area (Å²) >= 11 is 0. The Hall–Kier alpha value is -4.35. The Morgan fingerprint density at radius 1 is 0.973 bits per heavy atom. The lowest BCUT2D eigenvalue weighted by Crippen LogP contribution is -2.07. The van der Waals surface area contributed by atoms with Crippen molar-refractivity contribution in [3.05, 3.63) is 66.2 Å². The van der Waals surface area contributed by atoms with Crippen LogP contribution in [0.25, 0.3) is 39.2 Å². The number of hydrogen-bond donors (Lipinski definition) is 1. The molecule has 2 N–H and O–H groups in total. The first-order valence-electron chi connectivity index (χ1n) is 12.1. The molecule has 0 aliphatic rings. The molecule has 11 nitrogen and oxygen atoms in total. The summed E-state index contributed by atoms with van der Waals surface area (Å²) in [5.41, 5.74) is 10.6. The molecule has 0 unspecified atom stereocenters. The minimum absolute atomic E-state index is 0.239. The molecule has 0 spiro atoms. The van der Waals surface area contributed by atoms with E-state index in [1.165, 1.54) is 4.52 Å². The van der Waals surface area contributed by atoms with Crippen LogP contribution in [0.15, 0.2) is 59.3 Å². The molecule has 188 valence electrons. The third-order valence-electron chi connectivity index (χ3n) is 6.20. The van der Waals surface area contributed by atoms with E-state index < -0.39 is 0 Å². The van der Waals surface area contributed by atoms with Crippen molar-refractivity contribution in [1.82, 2.24) is 34.3 Å². The van der Waals surface area contributed by atoms with Gasteiger partial charge in [0, 0.05) is 31.2 Å². The van der Waals surface area contributed by atoms with Gasteiger partial charge in [-0.2, -0.15) is 14.6 Å². The number of aryl methyl sites for hydroxylation is 2. The lowest BCUT2D eigenvalue weighted by Gasteiger charge is -2.07. The molecule has 5 aromatic heterocycles. The van der Waals surface area contributed by atoms with Gasteiger partial charge >= 0.3 is 0 Å². The summed E-state index contributed by atoms with van der Waals surface area (Å²) < 4.78 is 19.4. The summed E-state index contributed by atoms with van der Waals surface area (Å²) in [7, 11) is 1.67. The summed E-state index contributed by atoms with van der Waals surface area (Å²) in [5, 5.41) is 10.9. The summed E-state index contributed by atoms with van der Waals surface area (Å²) in [6.07, 6.45) is 4.85. The van der Waals surface area contributed by atoms with Crippen LogP contribution < -0.4 is 5.73 Å². The first-order valence-corrected chi connectivity index (χ1v) is 12.1. The molecule has 1 aromatic carbocycles. The molecule has 0 fully saturated rings. The van der Waals surface area contributed by atoms with Crippen LogP contribution in [0.3, 0.4) is 0 Å². The Labute approximate surface area is 211 Å². The van der Waals surface area contributed by atoms with Crippen LogP contribution in [0.1, 0.15) is 11.3 Å². The summed E-state index contributed by atoms with van der Waals surface area (Å²) in [6, 6.07) is 14.1. The van der Waals surface area contributed by atoms with E-state index in [9.17, 15) is 0 Å². The van der Waals surface area contributed by atoms with Crippen LogP contribution in [0, 0.1) is 0 Å². The molecule has 37 heavy (non-hydrogen) atoms. The maximum atomic E-state index is 6.21. The molecule has 0 bridgehead atoms.